The van der Waals surface area contributed by atoms with Crippen LogP contribution in [0.3, 0.4) is 0 Å². The fourth-order valence-corrected chi connectivity index (χ4v) is 11.1. The molecule has 1 saturated carbocycles. The fraction of sp³-hybridized carbons (Fsp3) is 0.828. The van der Waals surface area contributed by atoms with Crippen molar-refractivity contribution < 1.29 is 87.0 Å². The lowest BCUT2D eigenvalue weighted by Gasteiger charge is -2.41. The highest BCUT2D eigenvalue weighted by Crippen LogP contribution is 2.51. The van der Waals surface area contributed by atoms with Crippen molar-refractivity contribution in [2.75, 3.05) is 14.2 Å². The number of hydrogen-bond acceptors (Lipinski definition) is 18. The second-order valence-corrected chi connectivity index (χ2v) is 25.7. The third kappa shape index (κ3) is 24.7. The van der Waals surface area contributed by atoms with Crippen molar-refractivity contribution in [1.29, 1.82) is 0 Å². The van der Waals surface area contributed by atoms with Crippen molar-refractivity contribution in [2.45, 2.75) is 293 Å². The first-order valence-electron chi connectivity index (χ1n) is 29.1. The quantitative estimate of drug-likeness (QED) is 0.0309. The van der Waals surface area contributed by atoms with E-state index < -0.39 is 96.2 Å². The Kier molecular flexibility index (Phi) is 33.4. The molecule has 5 aliphatic heterocycles. The van der Waals surface area contributed by atoms with Crippen LogP contribution in [0, 0.1) is 35.5 Å². The van der Waals surface area contributed by atoms with Crippen LogP contribution in [0.25, 0.3) is 0 Å². The van der Waals surface area contributed by atoms with E-state index in [9.17, 15) is 39.3 Å². The minimum absolute atomic E-state index is 0. The second kappa shape index (κ2) is 35.1. The first-order valence-corrected chi connectivity index (χ1v) is 29.1. The van der Waals surface area contributed by atoms with Gasteiger partial charge in [0.2, 0.25) is 0 Å². The number of nitrogens with two attached hydrogens (primary N) is 1. The van der Waals surface area contributed by atoms with Crippen LogP contribution >= 0.6 is 0 Å². The number of carboxylic acid groups (broad SMARTS) is 1. The van der Waals surface area contributed by atoms with Gasteiger partial charge in [-0.25, -0.2) is 9.59 Å². The largest absolute Gasteiger partial charge is 0.481 e. The molecule has 4 saturated heterocycles. The lowest BCUT2D eigenvalue weighted by molar-refractivity contribution is -0.164. The van der Waals surface area contributed by atoms with Crippen LogP contribution < -0.4 is 16.4 Å². The van der Waals surface area contributed by atoms with Crippen molar-refractivity contribution in [2.24, 2.45) is 41.2 Å². The van der Waals surface area contributed by atoms with Crippen LogP contribution in [0.2, 0.25) is 0 Å². The molecule has 0 radical (unpaired) electrons. The number of alkyl carbamates (subject to hydrolysis) is 2. The van der Waals surface area contributed by atoms with E-state index in [2.05, 4.69) is 74.3 Å². The maximum atomic E-state index is 12.5. The maximum Gasteiger partial charge on any atom is 0.407 e. The number of nitrogens with one attached hydrogen (secondary N) is 2. The van der Waals surface area contributed by atoms with E-state index >= 15 is 0 Å². The van der Waals surface area contributed by atoms with Gasteiger partial charge in [0.05, 0.1) is 101 Å². The molecule has 6 aliphatic rings. The van der Waals surface area contributed by atoms with Gasteiger partial charge in [-0.15, -0.1) is 0 Å². The predicted octanol–water partition coefficient (Wildman–Crippen LogP) is 9.39. The van der Waals surface area contributed by atoms with E-state index in [4.69, 9.17) is 48.7 Å². The molecule has 8 N–H and O–H groups in total. The van der Waals surface area contributed by atoms with E-state index in [0.717, 1.165) is 12.8 Å². The van der Waals surface area contributed by atoms with Gasteiger partial charge in [-0.05, 0) is 123 Å². The molecule has 0 aromatic carbocycles. The Balaban J connectivity index is 0.00000141. The van der Waals surface area contributed by atoms with Crippen molar-refractivity contribution >= 4 is 30.1 Å². The molecule has 1 aliphatic carbocycles. The standard InChI is InChI=1S/C34H53NO8.C16H29NO6.C10H19NO4.4CH4/c1-10-26-19(2)12-16-28(41-26)34(8)31(42-34)20(3)11-13-23-21(4)24(23)14-15-27-30(37)25(35-32(38)43-33(5,6)7)17-22(40-27)18-29(36)39-9;1-9(2)14-13(19)11(17-15(20)23-16(3,4)5)7-10(22-14)8-12(18)21-6;1-5(2)10-9(14)7(11)3-6(15-10)4-8(12)13;;;;/h11-15,20-28,30-31,37H,10,16-18H2,1-9H3,(H,35,38);9-11,13-14,19H,7-8H2,1-6H3,(H,17,20);5-7,9-10,14H,3-4,11H2,1-2H3,(H,12,13);4*1H4/b13-11+,15-14+;;;;;;/t20-,21-,22+,23+,24+,25+,26-,27+,28-,30-,31?,34?;10-,11-,13+,14-;6-,7-,9+,10-;;;;/m100..../s1. The third-order valence-corrected chi connectivity index (χ3v) is 15.8. The van der Waals surface area contributed by atoms with Gasteiger partial charge in [0, 0.05) is 12.0 Å². The third-order valence-electron chi connectivity index (χ3n) is 15.8. The molecule has 2 amide bonds. The summed E-state index contributed by atoms with van der Waals surface area (Å²) >= 11 is 0. The SMILES string of the molecule is C.C.C.C.CC(C)[C@@H]1O[C@H](CC(=O)O)C[C@H](N)[C@H]1O.CC[C@H]1O[C@@H](C2(C)OC2[C@H](C)/C=C/[C@H]2[C@@H](C)[C@@H]2/C=C/[C@@H]2O[C@H](CC(=O)OC)C[C@H](NC(=O)OC(C)(C)C)[C@H]2O)CC=C1C.COC(=O)C[C@@H]1C[C@H](NC(=O)OC(C)(C)C)[C@@H](O)[C@H](C(C)C)O1. The number of esters is 2. The number of carboxylic acids is 1. The number of rotatable bonds is 17. The van der Waals surface area contributed by atoms with Crippen LogP contribution in [0.5, 0.6) is 0 Å². The zero-order valence-corrected chi connectivity index (χ0v) is 51.2. The lowest BCUT2D eigenvalue weighted by atomic mass is 9.88. The van der Waals surface area contributed by atoms with Crippen molar-refractivity contribution in [3.05, 3.63) is 36.0 Å². The molecule has 0 aromatic heterocycles. The first kappa shape index (κ1) is 80.8. The zero-order valence-electron chi connectivity index (χ0n) is 51.2. The van der Waals surface area contributed by atoms with Crippen LogP contribution in [-0.2, 0) is 57.0 Å². The summed E-state index contributed by atoms with van der Waals surface area (Å²) < 4.78 is 50.2. The Morgan fingerprint density at radius 1 is 0.706 bits per heavy atom. The number of aliphatic carboxylic acids is 1. The molecule has 21 heteroatoms. The molecule has 496 valence electrons. The summed E-state index contributed by atoms with van der Waals surface area (Å²) in [5, 5.41) is 45.4. The van der Waals surface area contributed by atoms with E-state index in [1.807, 2.05) is 33.8 Å². The first-order chi connectivity index (χ1) is 37.6. The van der Waals surface area contributed by atoms with Crippen molar-refractivity contribution in [3.63, 3.8) is 0 Å². The Bertz CT molecular complexity index is 2160. The molecule has 0 bridgehead atoms. The molecule has 0 spiro atoms. The highest BCUT2D eigenvalue weighted by molar-refractivity contribution is 5.71. The van der Waals surface area contributed by atoms with Crippen LogP contribution in [0.4, 0.5) is 9.59 Å². The zero-order chi connectivity index (χ0) is 61.1. The van der Waals surface area contributed by atoms with Gasteiger partial charge in [-0.1, -0.05) is 109 Å². The van der Waals surface area contributed by atoms with Crippen molar-refractivity contribution in [3.8, 4) is 0 Å². The average Bonchev–Trinajstić information content (AvgIpc) is 2.00. The number of ether oxygens (including phenoxy) is 9. The Morgan fingerprint density at radius 3 is 1.62 bits per heavy atom. The van der Waals surface area contributed by atoms with Crippen molar-refractivity contribution in [1.82, 2.24) is 10.6 Å². The predicted molar refractivity (Wildman–Crippen MR) is 328 cm³/mol. The minimum atomic E-state index is -0.988. The number of aliphatic hydroxyl groups excluding tert-OH is 3. The number of amides is 2. The highest BCUT2D eigenvalue weighted by Gasteiger charge is 2.60. The molecule has 2 unspecified atom stereocenters. The Morgan fingerprint density at radius 2 is 1.16 bits per heavy atom. The summed E-state index contributed by atoms with van der Waals surface area (Å²) in [5.74, 6) is -0.116. The van der Waals surface area contributed by atoms with Crippen LogP contribution in [-0.4, -0.2) is 173 Å². The summed E-state index contributed by atoms with van der Waals surface area (Å²) in [7, 11) is 2.65. The number of aliphatic hydroxyl groups is 3. The minimum Gasteiger partial charge on any atom is -0.481 e. The summed E-state index contributed by atoms with van der Waals surface area (Å²) in [5.41, 5.74) is 5.51. The second-order valence-electron chi connectivity index (χ2n) is 25.7. The average molecular weight is 1220 g/mol. The van der Waals surface area contributed by atoms with E-state index in [-0.39, 0.29) is 115 Å². The van der Waals surface area contributed by atoms with Crippen LogP contribution in [0.15, 0.2) is 36.0 Å². The van der Waals surface area contributed by atoms with Gasteiger partial charge in [0.1, 0.15) is 35.1 Å². The van der Waals surface area contributed by atoms with Gasteiger partial charge in [0.25, 0.3) is 0 Å². The lowest BCUT2D eigenvalue weighted by Crippen LogP contribution is -2.57. The van der Waals surface area contributed by atoms with Gasteiger partial charge in [0.15, 0.2) is 0 Å². The monoisotopic (exact) mass is 1220 g/mol. The summed E-state index contributed by atoms with van der Waals surface area (Å²) in [6, 6.07) is -1.56. The molecule has 5 fully saturated rings. The summed E-state index contributed by atoms with van der Waals surface area (Å²) in [4.78, 5) is 58.4. The van der Waals surface area contributed by atoms with E-state index in [0.29, 0.717) is 30.6 Å². The van der Waals surface area contributed by atoms with Gasteiger partial charge in [-0.2, -0.15) is 0 Å². The number of hydrogen-bond donors (Lipinski definition) is 7. The molecule has 5 heterocycles. The fourth-order valence-electron chi connectivity index (χ4n) is 11.1. The molecule has 85 heavy (non-hydrogen) atoms. The molecular weight excluding hydrogens is 1100 g/mol. The molecule has 21 nitrogen and oxygen atoms in total. The Labute approximate surface area is 510 Å². The smallest absolute Gasteiger partial charge is 0.407 e. The van der Waals surface area contributed by atoms with E-state index in [1.165, 1.54) is 19.8 Å². The number of carbonyl (C=O) groups is 5. The number of methoxy groups -OCH3 is 2. The topological polar surface area (TPSA) is 303 Å². The van der Waals surface area contributed by atoms with Crippen LogP contribution in [0.1, 0.15) is 185 Å². The summed E-state index contributed by atoms with van der Waals surface area (Å²) in [6.45, 7) is 29.2. The van der Waals surface area contributed by atoms with Gasteiger partial charge in [-0.3, -0.25) is 14.4 Å². The van der Waals surface area contributed by atoms with E-state index in [1.54, 1.807) is 41.5 Å². The maximum absolute atomic E-state index is 12.5. The molecule has 0 aromatic rings. The number of carbonyl (C=O) groups excluding carboxylic acids is 4. The number of epoxide rings is 1. The molecular formula is C64H117N3O18. The molecule has 20 atom stereocenters. The van der Waals surface area contributed by atoms with Gasteiger partial charge < -0.3 is 79.4 Å². The Hall–Kier alpha value is -4.19. The normalized spacial score (nSPS) is 34.5. The highest BCUT2D eigenvalue weighted by atomic mass is 16.6. The number of allylic oxidation sites excluding steroid dienone is 2. The molecule has 6 rings (SSSR count). The summed E-state index contributed by atoms with van der Waals surface area (Å²) in [6.07, 6.45) is 7.55. The van der Waals surface area contributed by atoms with Gasteiger partial charge >= 0.3 is 30.1 Å².